The molecule has 1 aromatic heterocycles. The zero-order valence-electron chi connectivity index (χ0n) is 17.9. The van der Waals surface area contributed by atoms with Crippen molar-refractivity contribution in [3.8, 4) is 6.07 Å². The molecule has 1 fully saturated rings. The smallest absolute Gasteiger partial charge is 0.266 e. The molecule has 8 heteroatoms. The molecule has 4 rings (SSSR count). The molecule has 1 saturated heterocycles. The molecule has 1 aliphatic rings. The highest BCUT2D eigenvalue weighted by molar-refractivity contribution is 5.81. The van der Waals surface area contributed by atoms with Crippen LogP contribution in [-0.2, 0) is 11.2 Å². The van der Waals surface area contributed by atoms with Gasteiger partial charge < -0.3 is 15.0 Å². The van der Waals surface area contributed by atoms with Crippen LogP contribution < -0.4 is 5.56 Å². The van der Waals surface area contributed by atoms with Crippen molar-refractivity contribution in [2.45, 2.75) is 25.0 Å². The van der Waals surface area contributed by atoms with E-state index in [4.69, 9.17) is 0 Å². The summed E-state index contributed by atoms with van der Waals surface area (Å²) < 4.78 is 0. The number of nitrogens with one attached hydrogen (secondary N) is 1. The van der Waals surface area contributed by atoms with Crippen LogP contribution in [0.5, 0.6) is 0 Å². The van der Waals surface area contributed by atoms with Gasteiger partial charge >= 0.3 is 0 Å². The number of benzene rings is 2. The highest BCUT2D eigenvalue weighted by Crippen LogP contribution is 2.25. The standard InChI is InChI=1S/C24H25N5O3/c1-28(24(32)11-16-5-6-20-21(10-16)27-23(31)13-26-20)22(15-29-8-7-19(30)14-29)18-4-2-3-17(9-18)12-25/h2-6,9-10,13,19,22,30H,7-8,11,14-15H2,1H3,(H,27,31)/t19-,22+/m0/s1. The molecule has 2 heterocycles. The fourth-order valence-corrected chi connectivity index (χ4v) is 4.16. The topological polar surface area (TPSA) is 113 Å². The number of hydrogen-bond donors (Lipinski definition) is 2. The molecule has 2 N–H and O–H groups in total. The predicted octanol–water partition coefficient (Wildman–Crippen LogP) is 1.60. The number of nitrogens with zero attached hydrogens (tertiary/aromatic N) is 4. The summed E-state index contributed by atoms with van der Waals surface area (Å²) in [4.78, 5) is 35.5. The number of β-amino-alcohol motifs (C(OH)–C–C–N with tert-alkyl or cyclic N) is 1. The largest absolute Gasteiger partial charge is 0.392 e. The zero-order valence-corrected chi connectivity index (χ0v) is 17.9. The first-order valence-electron chi connectivity index (χ1n) is 10.6. The number of rotatable bonds is 6. The molecule has 0 bridgehead atoms. The Morgan fingerprint density at radius 3 is 2.97 bits per heavy atom. The predicted molar refractivity (Wildman–Crippen MR) is 120 cm³/mol. The quantitative estimate of drug-likeness (QED) is 0.613. The lowest BCUT2D eigenvalue weighted by molar-refractivity contribution is -0.131. The summed E-state index contributed by atoms with van der Waals surface area (Å²) in [6.07, 6.45) is 1.76. The van der Waals surface area contributed by atoms with E-state index in [2.05, 4.69) is 20.9 Å². The van der Waals surface area contributed by atoms with Crippen molar-refractivity contribution in [2.24, 2.45) is 0 Å². The maximum Gasteiger partial charge on any atom is 0.266 e. The lowest BCUT2D eigenvalue weighted by Gasteiger charge is -2.32. The van der Waals surface area contributed by atoms with Crippen LogP contribution in [0.2, 0.25) is 0 Å². The van der Waals surface area contributed by atoms with E-state index in [-0.39, 0.29) is 30.0 Å². The molecule has 0 radical (unpaired) electrons. The van der Waals surface area contributed by atoms with Crippen molar-refractivity contribution >= 4 is 16.9 Å². The number of aromatic nitrogens is 2. The average Bonchev–Trinajstić information content (AvgIpc) is 3.21. The van der Waals surface area contributed by atoms with E-state index in [1.165, 1.54) is 6.20 Å². The zero-order chi connectivity index (χ0) is 22.7. The lowest BCUT2D eigenvalue weighted by Crippen LogP contribution is -2.39. The van der Waals surface area contributed by atoms with Gasteiger partial charge in [0.05, 0.1) is 47.4 Å². The SMILES string of the molecule is CN(C(=O)Cc1ccc2ncc(=O)[nH]c2c1)[C@H](CN1CC[C@H](O)C1)c1cccc(C#N)c1. The molecule has 0 aliphatic carbocycles. The van der Waals surface area contributed by atoms with Crippen LogP contribution in [0, 0.1) is 11.3 Å². The number of fused-ring (bicyclic) bond motifs is 1. The van der Waals surface area contributed by atoms with Crippen LogP contribution in [0.4, 0.5) is 0 Å². The minimum absolute atomic E-state index is 0.0808. The Morgan fingerprint density at radius 2 is 2.22 bits per heavy atom. The normalized spacial score (nSPS) is 17.2. The van der Waals surface area contributed by atoms with Gasteiger partial charge in [0.1, 0.15) is 0 Å². The molecule has 2 aromatic carbocycles. The Bertz CT molecular complexity index is 1230. The number of likely N-dealkylation sites (N-methyl/N-ethyl adjacent to an activating group) is 1. The minimum Gasteiger partial charge on any atom is -0.392 e. The van der Waals surface area contributed by atoms with Crippen LogP contribution in [0.15, 0.2) is 53.5 Å². The summed E-state index contributed by atoms with van der Waals surface area (Å²) >= 11 is 0. The molecule has 3 aromatic rings. The highest BCUT2D eigenvalue weighted by Gasteiger charge is 2.28. The van der Waals surface area contributed by atoms with Gasteiger partial charge in [-0.3, -0.25) is 14.5 Å². The molecule has 2 atom stereocenters. The van der Waals surface area contributed by atoms with E-state index in [9.17, 15) is 20.0 Å². The van der Waals surface area contributed by atoms with Crippen molar-refractivity contribution in [1.29, 1.82) is 5.26 Å². The minimum atomic E-state index is -0.351. The first-order chi connectivity index (χ1) is 15.4. The molecule has 164 valence electrons. The first kappa shape index (κ1) is 21.7. The van der Waals surface area contributed by atoms with Crippen LogP contribution in [0.25, 0.3) is 11.0 Å². The second kappa shape index (κ2) is 9.30. The summed E-state index contributed by atoms with van der Waals surface area (Å²) in [6, 6.07) is 14.6. The van der Waals surface area contributed by atoms with E-state index in [1.807, 2.05) is 24.3 Å². The van der Waals surface area contributed by atoms with Gasteiger partial charge in [-0.25, -0.2) is 4.98 Å². The van der Waals surface area contributed by atoms with Crippen molar-refractivity contribution in [3.63, 3.8) is 0 Å². The summed E-state index contributed by atoms with van der Waals surface area (Å²) in [5.74, 6) is -0.0808. The number of nitriles is 1. The second-order valence-corrected chi connectivity index (χ2v) is 8.24. The number of H-pyrrole nitrogens is 1. The average molecular weight is 431 g/mol. The number of carbonyl (C=O) groups excluding carboxylic acids is 1. The van der Waals surface area contributed by atoms with Gasteiger partial charge in [-0.05, 0) is 41.8 Å². The first-order valence-corrected chi connectivity index (χ1v) is 10.6. The van der Waals surface area contributed by atoms with Crippen LogP contribution in [-0.4, -0.2) is 63.6 Å². The van der Waals surface area contributed by atoms with E-state index >= 15 is 0 Å². The number of aromatic amines is 1. The van der Waals surface area contributed by atoms with Gasteiger partial charge in [0, 0.05) is 26.7 Å². The summed E-state index contributed by atoms with van der Waals surface area (Å²) in [5, 5.41) is 19.2. The molecular formula is C24H25N5O3. The Kier molecular flexibility index (Phi) is 6.30. The Labute approximate surface area is 185 Å². The number of likely N-dealkylation sites (tertiary alicyclic amines) is 1. The molecule has 32 heavy (non-hydrogen) atoms. The van der Waals surface area contributed by atoms with Gasteiger partial charge in [0.25, 0.3) is 5.56 Å². The van der Waals surface area contributed by atoms with Crippen LogP contribution in [0.3, 0.4) is 0 Å². The molecular weight excluding hydrogens is 406 g/mol. The Balaban J connectivity index is 1.57. The fraction of sp³-hybridized carbons (Fsp3) is 0.333. The summed E-state index contributed by atoms with van der Waals surface area (Å²) in [6.45, 7) is 1.91. The van der Waals surface area contributed by atoms with Crippen LogP contribution >= 0.6 is 0 Å². The molecule has 8 nitrogen and oxygen atoms in total. The lowest BCUT2D eigenvalue weighted by atomic mass is 10.0. The van der Waals surface area contributed by atoms with Crippen molar-refractivity contribution in [2.75, 3.05) is 26.7 Å². The highest BCUT2D eigenvalue weighted by atomic mass is 16.3. The second-order valence-electron chi connectivity index (χ2n) is 8.24. The third-order valence-corrected chi connectivity index (χ3v) is 5.94. The number of hydrogen-bond acceptors (Lipinski definition) is 6. The molecule has 1 aliphatic heterocycles. The van der Waals surface area contributed by atoms with E-state index in [0.717, 1.165) is 17.7 Å². The monoisotopic (exact) mass is 431 g/mol. The molecule has 0 unspecified atom stereocenters. The van der Waals surface area contributed by atoms with E-state index in [0.29, 0.717) is 36.1 Å². The summed E-state index contributed by atoms with van der Waals surface area (Å²) in [5.41, 5.74) is 3.17. The molecule has 1 amide bonds. The van der Waals surface area contributed by atoms with Gasteiger partial charge in [0.15, 0.2) is 0 Å². The third kappa shape index (κ3) is 4.85. The van der Waals surface area contributed by atoms with Gasteiger partial charge in [-0.2, -0.15) is 5.26 Å². The van der Waals surface area contributed by atoms with Crippen molar-refractivity contribution in [1.82, 2.24) is 19.8 Å². The van der Waals surface area contributed by atoms with Gasteiger partial charge in [0.2, 0.25) is 5.91 Å². The Hall–Kier alpha value is -3.54. The molecule has 0 saturated carbocycles. The number of aliphatic hydroxyl groups is 1. The summed E-state index contributed by atoms with van der Waals surface area (Å²) in [7, 11) is 1.77. The van der Waals surface area contributed by atoms with Crippen LogP contribution in [0.1, 0.15) is 29.2 Å². The number of amides is 1. The Morgan fingerprint density at radius 1 is 1.38 bits per heavy atom. The van der Waals surface area contributed by atoms with E-state index < -0.39 is 0 Å². The number of aliphatic hydroxyl groups excluding tert-OH is 1. The van der Waals surface area contributed by atoms with Crippen molar-refractivity contribution in [3.05, 3.63) is 75.7 Å². The fourth-order valence-electron chi connectivity index (χ4n) is 4.16. The van der Waals surface area contributed by atoms with Gasteiger partial charge in [-0.1, -0.05) is 18.2 Å². The number of carbonyl (C=O) groups is 1. The van der Waals surface area contributed by atoms with Crippen molar-refractivity contribution < 1.29 is 9.90 Å². The van der Waals surface area contributed by atoms with E-state index in [1.54, 1.807) is 30.1 Å². The maximum absolute atomic E-state index is 13.2. The molecule has 0 spiro atoms. The maximum atomic E-state index is 13.2. The third-order valence-electron chi connectivity index (χ3n) is 5.94. The van der Waals surface area contributed by atoms with Gasteiger partial charge in [-0.15, -0.1) is 0 Å².